The first-order chi connectivity index (χ1) is 10.3. The summed E-state index contributed by atoms with van der Waals surface area (Å²) in [6, 6.07) is 6.43. The first-order valence-electron chi connectivity index (χ1n) is 7.00. The van der Waals surface area contributed by atoms with Crippen molar-refractivity contribution in [3.05, 3.63) is 65.8 Å². The molecule has 5 heteroatoms. The monoisotopic (exact) mass is 280 g/mol. The van der Waals surface area contributed by atoms with Crippen LogP contribution < -0.4 is 0 Å². The van der Waals surface area contributed by atoms with E-state index in [4.69, 9.17) is 4.74 Å². The number of aromatic nitrogens is 4. The van der Waals surface area contributed by atoms with Gasteiger partial charge in [-0.2, -0.15) is 0 Å². The van der Waals surface area contributed by atoms with Crippen LogP contribution in [0.4, 0.5) is 0 Å². The predicted octanol–water partition coefficient (Wildman–Crippen LogP) is 2.46. The lowest BCUT2D eigenvalue weighted by Crippen LogP contribution is -2.01. The van der Waals surface area contributed by atoms with Crippen molar-refractivity contribution in [1.29, 1.82) is 0 Å². The van der Waals surface area contributed by atoms with Gasteiger partial charge in [-0.1, -0.05) is 6.07 Å². The second-order valence-corrected chi connectivity index (χ2v) is 5.32. The molecule has 1 aliphatic rings. The number of benzene rings is 1. The molecule has 0 aliphatic carbocycles. The molecule has 0 spiro atoms. The Balaban J connectivity index is 1.61. The maximum Gasteiger partial charge on any atom is 0.105 e. The van der Waals surface area contributed by atoms with Gasteiger partial charge in [0.2, 0.25) is 0 Å². The molecule has 1 aromatic carbocycles. The molecule has 1 aliphatic heterocycles. The van der Waals surface area contributed by atoms with Gasteiger partial charge in [-0.25, -0.2) is 9.97 Å². The summed E-state index contributed by atoms with van der Waals surface area (Å²) in [4.78, 5) is 8.72. The zero-order valence-electron chi connectivity index (χ0n) is 11.9. The maximum absolute atomic E-state index is 5.46. The average molecular weight is 280 g/mol. The lowest BCUT2D eigenvalue weighted by molar-refractivity contribution is 0.134. The third-order valence-corrected chi connectivity index (χ3v) is 3.90. The Morgan fingerprint density at radius 2 is 2.10 bits per heavy atom. The molecule has 0 amide bonds. The third kappa shape index (κ3) is 2.25. The van der Waals surface area contributed by atoms with Crippen molar-refractivity contribution in [3.63, 3.8) is 0 Å². The fourth-order valence-corrected chi connectivity index (χ4v) is 2.65. The van der Waals surface area contributed by atoms with Crippen LogP contribution in [0, 0.1) is 6.92 Å². The van der Waals surface area contributed by atoms with E-state index in [-0.39, 0.29) is 0 Å². The van der Waals surface area contributed by atoms with Crippen LogP contribution in [-0.2, 0) is 24.5 Å². The van der Waals surface area contributed by atoms with Crippen LogP contribution in [0.2, 0.25) is 0 Å². The van der Waals surface area contributed by atoms with E-state index in [0.717, 1.165) is 30.4 Å². The Labute approximate surface area is 122 Å². The molecule has 4 rings (SSSR count). The molecule has 106 valence electrons. The molecule has 0 N–H and O–H groups in total. The van der Waals surface area contributed by atoms with Crippen LogP contribution in [0.3, 0.4) is 0 Å². The minimum absolute atomic E-state index is 0.707. The van der Waals surface area contributed by atoms with Crippen LogP contribution in [0.5, 0.6) is 0 Å². The fraction of sp³-hybridized carbons (Fsp3) is 0.250. The summed E-state index contributed by atoms with van der Waals surface area (Å²) in [6.07, 6.45) is 7.71. The van der Waals surface area contributed by atoms with E-state index in [0.29, 0.717) is 6.61 Å². The lowest BCUT2D eigenvalue weighted by Gasteiger charge is -2.04. The highest BCUT2D eigenvalue weighted by atomic mass is 16.5. The number of fused-ring (bicyclic) bond motifs is 1. The first kappa shape index (κ1) is 12.3. The molecule has 2 aromatic heterocycles. The first-order valence-corrected chi connectivity index (χ1v) is 7.00. The molecule has 0 atom stereocenters. The van der Waals surface area contributed by atoms with Crippen LogP contribution in [0.1, 0.15) is 22.6 Å². The number of hydrogen-bond acceptors (Lipinski definition) is 3. The Kier molecular flexibility index (Phi) is 2.86. The van der Waals surface area contributed by atoms with Gasteiger partial charge in [-0.3, -0.25) is 0 Å². The highest BCUT2D eigenvalue weighted by Crippen LogP contribution is 2.22. The van der Waals surface area contributed by atoms with E-state index in [1.807, 2.05) is 25.6 Å². The molecule has 0 radical (unpaired) electrons. The molecule has 0 saturated carbocycles. The summed E-state index contributed by atoms with van der Waals surface area (Å²) in [5, 5.41) is 0. The molecule has 0 unspecified atom stereocenters. The maximum atomic E-state index is 5.46. The number of aryl methyl sites for hydroxylation is 1. The van der Waals surface area contributed by atoms with Gasteiger partial charge in [-0.15, -0.1) is 0 Å². The summed E-state index contributed by atoms with van der Waals surface area (Å²) >= 11 is 0. The predicted molar refractivity (Wildman–Crippen MR) is 78.1 cm³/mol. The number of imidazole rings is 2. The largest absolute Gasteiger partial charge is 0.372 e. The molecular formula is C16H16N4O. The topological polar surface area (TPSA) is 44.9 Å². The Bertz CT molecular complexity index is 787. The van der Waals surface area contributed by atoms with E-state index in [1.165, 1.54) is 11.1 Å². The molecule has 3 heterocycles. The van der Waals surface area contributed by atoms with Gasteiger partial charge < -0.3 is 13.9 Å². The van der Waals surface area contributed by atoms with Gasteiger partial charge in [-0.05, 0) is 30.2 Å². The highest BCUT2D eigenvalue weighted by Gasteiger charge is 2.12. The van der Waals surface area contributed by atoms with Gasteiger partial charge in [0.15, 0.2) is 0 Å². The smallest absolute Gasteiger partial charge is 0.105 e. The fourth-order valence-electron chi connectivity index (χ4n) is 2.65. The van der Waals surface area contributed by atoms with Crippen molar-refractivity contribution in [2.24, 2.45) is 0 Å². The zero-order valence-corrected chi connectivity index (χ0v) is 11.9. The molecule has 0 saturated heterocycles. The summed E-state index contributed by atoms with van der Waals surface area (Å²) in [6.45, 7) is 4.17. The highest BCUT2D eigenvalue weighted by molar-refractivity contribution is 5.41. The van der Waals surface area contributed by atoms with Gasteiger partial charge in [0.05, 0.1) is 31.8 Å². The van der Waals surface area contributed by atoms with Crippen molar-refractivity contribution in [2.45, 2.75) is 26.7 Å². The van der Waals surface area contributed by atoms with E-state index in [2.05, 4.69) is 43.5 Å². The van der Waals surface area contributed by atoms with E-state index < -0.39 is 0 Å². The van der Waals surface area contributed by atoms with E-state index >= 15 is 0 Å². The number of hydrogen-bond donors (Lipinski definition) is 0. The van der Waals surface area contributed by atoms with Crippen LogP contribution >= 0.6 is 0 Å². The zero-order chi connectivity index (χ0) is 14.2. The minimum atomic E-state index is 0.707. The Hall–Kier alpha value is -2.40. The van der Waals surface area contributed by atoms with Gasteiger partial charge >= 0.3 is 0 Å². The SMILES string of the molecule is Cc1nccn1Cc1cn(-c2ccc3c(c2)COC3)cn1. The summed E-state index contributed by atoms with van der Waals surface area (Å²) in [7, 11) is 0. The van der Waals surface area contributed by atoms with Crippen molar-refractivity contribution in [2.75, 3.05) is 0 Å². The average Bonchev–Trinajstić information content (AvgIpc) is 3.20. The molecule has 0 bridgehead atoms. The van der Waals surface area contributed by atoms with Crippen LogP contribution in [-0.4, -0.2) is 19.1 Å². The van der Waals surface area contributed by atoms with Crippen LogP contribution in [0.25, 0.3) is 5.69 Å². The third-order valence-electron chi connectivity index (χ3n) is 3.90. The quantitative estimate of drug-likeness (QED) is 0.740. The Morgan fingerprint density at radius 3 is 2.95 bits per heavy atom. The number of rotatable bonds is 3. The standard InChI is InChI=1S/C16H16N4O/c1-12-17-4-5-19(12)7-15-8-20(11-18-15)16-3-2-13-9-21-10-14(13)6-16/h2-6,8,11H,7,9-10H2,1H3. The number of nitrogens with zero attached hydrogens (tertiary/aromatic N) is 4. The molecule has 3 aromatic rings. The van der Waals surface area contributed by atoms with Gasteiger partial charge in [0, 0.05) is 24.3 Å². The molecule has 5 nitrogen and oxygen atoms in total. The Morgan fingerprint density at radius 1 is 1.19 bits per heavy atom. The van der Waals surface area contributed by atoms with E-state index in [9.17, 15) is 0 Å². The normalized spacial score (nSPS) is 13.6. The van der Waals surface area contributed by atoms with Crippen molar-refractivity contribution in [3.8, 4) is 5.69 Å². The van der Waals surface area contributed by atoms with Gasteiger partial charge in [0.1, 0.15) is 5.82 Å². The second kappa shape index (κ2) is 4.86. The lowest BCUT2D eigenvalue weighted by atomic mass is 10.1. The van der Waals surface area contributed by atoms with Crippen LogP contribution in [0.15, 0.2) is 43.1 Å². The van der Waals surface area contributed by atoms with E-state index in [1.54, 1.807) is 0 Å². The molecule has 0 fully saturated rings. The van der Waals surface area contributed by atoms with Gasteiger partial charge in [0.25, 0.3) is 0 Å². The summed E-state index contributed by atoms with van der Waals surface area (Å²) < 4.78 is 9.60. The number of ether oxygens (including phenoxy) is 1. The summed E-state index contributed by atoms with van der Waals surface area (Å²) in [5.74, 6) is 0.999. The van der Waals surface area contributed by atoms with Crippen molar-refractivity contribution in [1.82, 2.24) is 19.1 Å². The molecular weight excluding hydrogens is 264 g/mol. The summed E-state index contributed by atoms with van der Waals surface area (Å²) in [5.41, 5.74) is 4.70. The second-order valence-electron chi connectivity index (χ2n) is 5.32. The molecule has 21 heavy (non-hydrogen) atoms. The minimum Gasteiger partial charge on any atom is -0.372 e. The van der Waals surface area contributed by atoms with Crippen molar-refractivity contribution < 1.29 is 4.74 Å². The van der Waals surface area contributed by atoms with Crippen molar-refractivity contribution >= 4 is 0 Å².